The molecule has 0 fully saturated rings. The van der Waals surface area contributed by atoms with E-state index in [1.807, 2.05) is 24.5 Å². The molecule has 0 bridgehead atoms. The highest BCUT2D eigenvalue weighted by Crippen LogP contribution is 2.36. The van der Waals surface area contributed by atoms with Crippen LogP contribution in [0.2, 0.25) is 0 Å². The van der Waals surface area contributed by atoms with Gasteiger partial charge in [-0.25, -0.2) is 0 Å². The van der Waals surface area contributed by atoms with Gasteiger partial charge in [-0.1, -0.05) is 24.3 Å². The number of hydrogen-bond donors (Lipinski definition) is 1. The van der Waals surface area contributed by atoms with Gasteiger partial charge in [-0.05, 0) is 41.7 Å². The molecule has 1 unspecified atom stereocenters. The van der Waals surface area contributed by atoms with Crippen LogP contribution in [0, 0.1) is 0 Å². The monoisotopic (exact) mass is 268 g/mol. The van der Waals surface area contributed by atoms with Gasteiger partial charge in [0.1, 0.15) is 0 Å². The van der Waals surface area contributed by atoms with Crippen LogP contribution in [0.15, 0.2) is 48.8 Å². The van der Waals surface area contributed by atoms with Crippen LogP contribution in [-0.2, 0) is 13.0 Å². The van der Waals surface area contributed by atoms with Gasteiger partial charge < -0.3 is 5.11 Å². The van der Waals surface area contributed by atoms with Gasteiger partial charge >= 0.3 is 0 Å². The first-order chi connectivity index (χ1) is 9.88. The second-order valence-corrected chi connectivity index (χ2v) is 5.30. The van der Waals surface area contributed by atoms with E-state index in [-0.39, 0.29) is 6.61 Å². The highest BCUT2D eigenvalue weighted by molar-refractivity contribution is 5.34. The van der Waals surface area contributed by atoms with Gasteiger partial charge in [0.15, 0.2) is 0 Å². The molecule has 3 heteroatoms. The normalized spacial score (nSPS) is 17.4. The fourth-order valence-corrected chi connectivity index (χ4v) is 3.11. The number of benzene rings is 1. The SMILES string of the molecule is OCCN(Cc1ccncc1)C1CCc2ccccc21. The molecule has 2 aromatic rings. The largest absolute Gasteiger partial charge is 0.395 e. The zero-order valence-corrected chi connectivity index (χ0v) is 11.6. The lowest BCUT2D eigenvalue weighted by atomic mass is 10.1. The molecule has 0 radical (unpaired) electrons. The minimum absolute atomic E-state index is 0.198. The summed E-state index contributed by atoms with van der Waals surface area (Å²) >= 11 is 0. The predicted molar refractivity (Wildman–Crippen MR) is 79.2 cm³/mol. The van der Waals surface area contributed by atoms with E-state index in [1.165, 1.54) is 16.7 Å². The number of nitrogens with zero attached hydrogens (tertiary/aromatic N) is 2. The fourth-order valence-electron chi connectivity index (χ4n) is 3.11. The molecule has 1 N–H and O–H groups in total. The van der Waals surface area contributed by atoms with Crippen LogP contribution in [0.4, 0.5) is 0 Å². The van der Waals surface area contributed by atoms with Crippen LogP contribution in [0.25, 0.3) is 0 Å². The molecule has 1 aliphatic carbocycles. The van der Waals surface area contributed by atoms with E-state index in [0.717, 1.165) is 19.4 Å². The Bertz CT molecular complexity index is 556. The van der Waals surface area contributed by atoms with Gasteiger partial charge in [-0.15, -0.1) is 0 Å². The molecule has 1 aliphatic rings. The maximum absolute atomic E-state index is 9.37. The summed E-state index contributed by atoms with van der Waals surface area (Å²) in [4.78, 5) is 6.44. The molecular weight excluding hydrogens is 248 g/mol. The summed E-state index contributed by atoms with van der Waals surface area (Å²) in [6.07, 6.45) is 5.94. The lowest BCUT2D eigenvalue weighted by Crippen LogP contribution is -2.30. The molecule has 0 spiro atoms. The van der Waals surface area contributed by atoms with Gasteiger partial charge in [0, 0.05) is 31.5 Å². The van der Waals surface area contributed by atoms with Gasteiger partial charge in [-0.2, -0.15) is 0 Å². The second-order valence-electron chi connectivity index (χ2n) is 5.30. The van der Waals surface area contributed by atoms with Crippen molar-refractivity contribution in [1.29, 1.82) is 0 Å². The van der Waals surface area contributed by atoms with Gasteiger partial charge in [0.05, 0.1) is 6.61 Å². The average molecular weight is 268 g/mol. The third-order valence-corrected chi connectivity index (χ3v) is 4.06. The predicted octanol–water partition coefficient (Wildman–Crippen LogP) is 2.56. The van der Waals surface area contributed by atoms with Gasteiger partial charge in [0.2, 0.25) is 0 Å². The van der Waals surface area contributed by atoms with Crippen molar-refractivity contribution in [1.82, 2.24) is 9.88 Å². The van der Waals surface area contributed by atoms with Crippen molar-refractivity contribution in [3.05, 3.63) is 65.5 Å². The van der Waals surface area contributed by atoms with Crippen LogP contribution in [-0.4, -0.2) is 28.1 Å². The summed E-state index contributed by atoms with van der Waals surface area (Å²) in [6.45, 7) is 1.77. The van der Waals surface area contributed by atoms with Crippen LogP contribution in [0.3, 0.4) is 0 Å². The van der Waals surface area contributed by atoms with Gasteiger partial charge in [0.25, 0.3) is 0 Å². The average Bonchev–Trinajstić information content (AvgIpc) is 2.92. The smallest absolute Gasteiger partial charge is 0.0558 e. The van der Waals surface area contributed by atoms with Crippen LogP contribution >= 0.6 is 0 Å². The number of aryl methyl sites for hydroxylation is 1. The Balaban J connectivity index is 1.81. The highest BCUT2D eigenvalue weighted by atomic mass is 16.3. The topological polar surface area (TPSA) is 36.4 Å². The molecule has 20 heavy (non-hydrogen) atoms. The Labute approximate surface area is 119 Å². The van der Waals surface area contributed by atoms with E-state index in [1.54, 1.807) is 0 Å². The summed E-state index contributed by atoms with van der Waals surface area (Å²) < 4.78 is 0. The minimum Gasteiger partial charge on any atom is -0.395 e. The third kappa shape index (κ3) is 2.74. The number of pyridine rings is 1. The molecule has 1 atom stereocenters. The molecule has 1 heterocycles. The molecule has 104 valence electrons. The summed E-state index contributed by atoms with van der Waals surface area (Å²) in [5.41, 5.74) is 4.13. The Morgan fingerprint density at radius 2 is 1.95 bits per heavy atom. The first kappa shape index (κ1) is 13.3. The van der Waals surface area contributed by atoms with Crippen LogP contribution < -0.4 is 0 Å². The van der Waals surface area contributed by atoms with Crippen molar-refractivity contribution in [2.45, 2.75) is 25.4 Å². The number of aromatic nitrogens is 1. The molecule has 0 saturated carbocycles. The summed E-state index contributed by atoms with van der Waals surface area (Å²) in [5, 5.41) is 9.37. The molecule has 3 rings (SSSR count). The standard InChI is InChI=1S/C17H20N2O/c20-12-11-19(13-14-7-9-18-10-8-14)17-6-5-15-3-1-2-4-16(15)17/h1-4,7-10,17,20H,5-6,11-13H2. The second kappa shape index (κ2) is 6.16. The molecule has 1 aromatic carbocycles. The number of fused-ring (bicyclic) bond motifs is 1. The van der Waals surface area contributed by atoms with E-state index in [0.29, 0.717) is 12.6 Å². The first-order valence-electron chi connectivity index (χ1n) is 7.20. The van der Waals surface area contributed by atoms with Crippen molar-refractivity contribution < 1.29 is 5.11 Å². The molecule has 0 saturated heterocycles. The van der Waals surface area contributed by atoms with Crippen molar-refractivity contribution in [3.63, 3.8) is 0 Å². The van der Waals surface area contributed by atoms with E-state index in [2.05, 4.69) is 34.1 Å². The number of aliphatic hydroxyl groups excluding tert-OH is 1. The Morgan fingerprint density at radius 3 is 2.75 bits per heavy atom. The molecule has 0 amide bonds. The van der Waals surface area contributed by atoms with E-state index < -0.39 is 0 Å². The number of rotatable bonds is 5. The van der Waals surface area contributed by atoms with E-state index in [4.69, 9.17) is 0 Å². The highest BCUT2D eigenvalue weighted by Gasteiger charge is 2.27. The zero-order chi connectivity index (χ0) is 13.8. The maximum Gasteiger partial charge on any atom is 0.0558 e. The van der Waals surface area contributed by atoms with Crippen molar-refractivity contribution in [2.24, 2.45) is 0 Å². The molecule has 0 aliphatic heterocycles. The minimum atomic E-state index is 0.198. The summed E-state index contributed by atoms with van der Waals surface area (Å²) in [5.74, 6) is 0. The van der Waals surface area contributed by atoms with E-state index >= 15 is 0 Å². The number of hydrogen-bond acceptors (Lipinski definition) is 3. The Morgan fingerprint density at radius 1 is 1.15 bits per heavy atom. The Hall–Kier alpha value is -1.71. The lowest BCUT2D eigenvalue weighted by molar-refractivity contribution is 0.143. The summed E-state index contributed by atoms with van der Waals surface area (Å²) in [6, 6.07) is 13.2. The molecular formula is C17H20N2O. The van der Waals surface area contributed by atoms with Crippen molar-refractivity contribution in [2.75, 3.05) is 13.2 Å². The third-order valence-electron chi connectivity index (χ3n) is 4.06. The quantitative estimate of drug-likeness (QED) is 0.905. The molecule has 1 aromatic heterocycles. The van der Waals surface area contributed by atoms with Crippen LogP contribution in [0.1, 0.15) is 29.2 Å². The number of aliphatic hydroxyl groups is 1. The van der Waals surface area contributed by atoms with Crippen molar-refractivity contribution in [3.8, 4) is 0 Å². The summed E-state index contributed by atoms with van der Waals surface area (Å²) in [7, 11) is 0. The lowest BCUT2D eigenvalue weighted by Gasteiger charge is -2.29. The first-order valence-corrected chi connectivity index (χ1v) is 7.20. The fraction of sp³-hybridized carbons (Fsp3) is 0.353. The Kier molecular flexibility index (Phi) is 4.09. The molecule has 3 nitrogen and oxygen atoms in total. The van der Waals surface area contributed by atoms with Crippen molar-refractivity contribution >= 4 is 0 Å². The van der Waals surface area contributed by atoms with Gasteiger partial charge in [-0.3, -0.25) is 9.88 Å². The zero-order valence-electron chi connectivity index (χ0n) is 11.6. The maximum atomic E-state index is 9.37. The van der Waals surface area contributed by atoms with E-state index in [9.17, 15) is 5.11 Å². The van der Waals surface area contributed by atoms with Crippen LogP contribution in [0.5, 0.6) is 0 Å².